The lowest BCUT2D eigenvalue weighted by molar-refractivity contribution is 0.0505. The van der Waals surface area contributed by atoms with Gasteiger partial charge in [-0.15, -0.1) is 0 Å². The van der Waals surface area contributed by atoms with E-state index in [-0.39, 0.29) is 42.0 Å². The summed E-state index contributed by atoms with van der Waals surface area (Å²) in [6, 6.07) is 28.8. The number of nitrogens with one attached hydrogen (secondary N) is 1. The normalized spacial score (nSPS) is 14.4. The summed E-state index contributed by atoms with van der Waals surface area (Å²) in [5.74, 6) is 0.0913. The van der Waals surface area contributed by atoms with Crippen molar-refractivity contribution >= 4 is 29.4 Å². The Balaban J connectivity index is 1.40. The van der Waals surface area contributed by atoms with Crippen molar-refractivity contribution in [3.8, 4) is 11.5 Å². The SMILES string of the molecule is CN(Cc1ccc(F)cc1)Cc1c(C=O)c(OC(c2ccccc2)c2ccccc2)c2ncccc2c1OC(=O)N1CCC(NC(=O)OC(C)(C)C)C1. The molecule has 1 atom stereocenters. The number of halogens is 1. The fourth-order valence-corrected chi connectivity index (χ4v) is 6.44. The molecular weight excluding hydrogens is 675 g/mol. The van der Waals surface area contributed by atoms with Crippen molar-refractivity contribution in [1.82, 2.24) is 20.1 Å². The molecule has 1 unspecified atom stereocenters. The summed E-state index contributed by atoms with van der Waals surface area (Å²) in [5.41, 5.74) is 2.90. The molecule has 1 aromatic heterocycles. The Morgan fingerprint density at radius 3 is 2.23 bits per heavy atom. The van der Waals surface area contributed by atoms with Gasteiger partial charge in [0.2, 0.25) is 0 Å². The molecule has 1 fully saturated rings. The van der Waals surface area contributed by atoms with E-state index in [4.69, 9.17) is 14.2 Å². The zero-order chi connectivity index (χ0) is 37.5. The van der Waals surface area contributed by atoms with E-state index >= 15 is 0 Å². The van der Waals surface area contributed by atoms with Crippen LogP contribution >= 0.6 is 0 Å². The first-order valence-electron chi connectivity index (χ1n) is 17.5. The molecule has 0 aliphatic carbocycles. The maximum atomic E-state index is 13.9. The fraction of sp³-hybridized carbons (Fsp3) is 0.286. The number of rotatable bonds is 11. The third kappa shape index (κ3) is 9.17. The largest absolute Gasteiger partial charge is 0.478 e. The van der Waals surface area contributed by atoms with Gasteiger partial charge in [0.05, 0.1) is 11.6 Å². The van der Waals surface area contributed by atoms with E-state index < -0.39 is 23.9 Å². The van der Waals surface area contributed by atoms with Gasteiger partial charge in [0.15, 0.2) is 12.0 Å². The van der Waals surface area contributed by atoms with Gasteiger partial charge in [0.1, 0.15) is 28.8 Å². The average Bonchev–Trinajstić information content (AvgIpc) is 3.61. The number of aromatic nitrogens is 1. The lowest BCUT2D eigenvalue weighted by Gasteiger charge is -2.27. The van der Waals surface area contributed by atoms with E-state index in [2.05, 4.69) is 10.3 Å². The Morgan fingerprint density at radius 2 is 1.60 bits per heavy atom. The summed E-state index contributed by atoms with van der Waals surface area (Å²) in [6.07, 6.45) is 1.03. The van der Waals surface area contributed by atoms with Gasteiger partial charge in [0.25, 0.3) is 0 Å². The summed E-state index contributed by atoms with van der Waals surface area (Å²) in [6.45, 7) is 6.48. The number of carbonyl (C=O) groups is 3. The van der Waals surface area contributed by atoms with E-state index in [1.54, 1.807) is 51.2 Å². The molecule has 1 aliphatic heterocycles. The van der Waals surface area contributed by atoms with Gasteiger partial charge in [-0.1, -0.05) is 72.8 Å². The van der Waals surface area contributed by atoms with Gasteiger partial charge in [-0.05, 0) is 75.2 Å². The van der Waals surface area contributed by atoms with Crippen LogP contribution in [-0.2, 0) is 17.8 Å². The van der Waals surface area contributed by atoms with Crippen LogP contribution in [0.25, 0.3) is 10.9 Å². The highest BCUT2D eigenvalue weighted by Crippen LogP contribution is 2.43. The molecule has 4 aromatic carbocycles. The molecule has 6 rings (SSSR count). The van der Waals surface area contributed by atoms with Crippen LogP contribution in [0.2, 0.25) is 0 Å². The quantitative estimate of drug-likeness (QED) is 0.137. The molecule has 11 heteroatoms. The standard InChI is InChI=1S/C42H43FN4O6/c1-42(2,3)53-40(49)45-32-21-23-47(25-32)41(50)52-38-33-16-11-22-44-36(33)39(51-37(29-12-7-5-8-13-29)30-14-9-6-10-15-30)35(27-48)34(38)26-46(4)24-28-17-19-31(43)20-18-28/h5-20,22,27,32,37H,21,23-26H2,1-4H3,(H,45,49). The average molecular weight is 719 g/mol. The Kier molecular flexibility index (Phi) is 11.3. The monoisotopic (exact) mass is 718 g/mol. The highest BCUT2D eigenvalue weighted by Gasteiger charge is 2.33. The van der Waals surface area contributed by atoms with Gasteiger partial charge in [-0.2, -0.15) is 0 Å². The highest BCUT2D eigenvalue weighted by atomic mass is 19.1. The van der Waals surface area contributed by atoms with Crippen LogP contribution in [0.5, 0.6) is 11.5 Å². The molecule has 1 aliphatic rings. The van der Waals surface area contributed by atoms with Crippen LogP contribution < -0.4 is 14.8 Å². The summed E-state index contributed by atoms with van der Waals surface area (Å²) < 4.78 is 32.2. The summed E-state index contributed by atoms with van der Waals surface area (Å²) in [5, 5.41) is 3.32. The van der Waals surface area contributed by atoms with Gasteiger partial charge in [-0.3, -0.25) is 14.7 Å². The molecular formula is C42H43FN4O6. The highest BCUT2D eigenvalue weighted by molar-refractivity contribution is 6.01. The Labute approximate surface area is 308 Å². The Bertz CT molecular complexity index is 2020. The smallest absolute Gasteiger partial charge is 0.415 e. The number of benzene rings is 4. The second kappa shape index (κ2) is 16.2. The van der Waals surface area contributed by atoms with Crippen LogP contribution in [0, 0.1) is 5.82 Å². The number of ether oxygens (including phenoxy) is 3. The van der Waals surface area contributed by atoms with Crippen molar-refractivity contribution < 1.29 is 33.0 Å². The van der Waals surface area contributed by atoms with Gasteiger partial charge < -0.3 is 24.4 Å². The summed E-state index contributed by atoms with van der Waals surface area (Å²) in [4.78, 5) is 47.7. The molecule has 0 saturated carbocycles. The van der Waals surface area contributed by atoms with E-state index in [0.29, 0.717) is 42.3 Å². The van der Waals surface area contributed by atoms with Crippen LogP contribution in [0.1, 0.15) is 65.9 Å². The van der Waals surface area contributed by atoms with Gasteiger partial charge >= 0.3 is 12.2 Å². The zero-order valence-electron chi connectivity index (χ0n) is 30.3. The van der Waals surface area contributed by atoms with Crippen LogP contribution in [0.15, 0.2) is 103 Å². The van der Waals surface area contributed by atoms with E-state index in [9.17, 15) is 18.8 Å². The van der Waals surface area contributed by atoms with E-state index in [1.165, 1.54) is 17.0 Å². The van der Waals surface area contributed by atoms with Crippen LogP contribution in [-0.4, -0.2) is 65.0 Å². The molecule has 1 N–H and O–H groups in total. The second-order valence-electron chi connectivity index (χ2n) is 14.1. The molecule has 0 bridgehead atoms. The molecule has 5 aromatic rings. The van der Waals surface area contributed by atoms with Crippen molar-refractivity contribution in [3.05, 3.63) is 137 Å². The summed E-state index contributed by atoms with van der Waals surface area (Å²) >= 11 is 0. The minimum absolute atomic E-state index is 0.166. The first-order chi connectivity index (χ1) is 25.5. The van der Waals surface area contributed by atoms with Crippen molar-refractivity contribution in [2.45, 2.75) is 58.0 Å². The molecule has 0 radical (unpaired) electrons. The van der Waals surface area contributed by atoms with Crippen molar-refractivity contribution in [2.24, 2.45) is 0 Å². The minimum atomic E-state index is -0.662. The number of carbonyl (C=O) groups excluding carboxylic acids is 3. The number of aldehydes is 1. The van der Waals surface area contributed by atoms with Crippen LogP contribution in [0.4, 0.5) is 14.0 Å². The fourth-order valence-electron chi connectivity index (χ4n) is 6.44. The minimum Gasteiger partial charge on any atom is -0.478 e. The van der Waals surface area contributed by atoms with Crippen molar-refractivity contribution in [1.29, 1.82) is 0 Å². The molecule has 2 amide bonds. The van der Waals surface area contributed by atoms with Gasteiger partial charge in [-0.25, -0.2) is 14.0 Å². The van der Waals surface area contributed by atoms with Crippen molar-refractivity contribution in [3.63, 3.8) is 0 Å². The third-order valence-electron chi connectivity index (χ3n) is 8.82. The first-order valence-corrected chi connectivity index (χ1v) is 17.5. The number of pyridine rings is 1. The van der Waals surface area contributed by atoms with Crippen molar-refractivity contribution in [2.75, 3.05) is 20.1 Å². The molecule has 2 heterocycles. The lowest BCUT2D eigenvalue weighted by Crippen LogP contribution is -2.41. The number of hydrogen-bond acceptors (Lipinski definition) is 8. The molecule has 1 saturated heterocycles. The number of fused-ring (bicyclic) bond motifs is 1. The van der Waals surface area contributed by atoms with Gasteiger partial charge in [0, 0.05) is 43.3 Å². The Morgan fingerprint density at radius 1 is 0.943 bits per heavy atom. The maximum absolute atomic E-state index is 13.9. The number of nitrogens with zero attached hydrogens (tertiary/aromatic N) is 3. The lowest BCUT2D eigenvalue weighted by atomic mass is 9.98. The number of alkyl carbamates (subject to hydrolysis) is 1. The maximum Gasteiger partial charge on any atom is 0.415 e. The van der Waals surface area contributed by atoms with Crippen LogP contribution in [0.3, 0.4) is 0 Å². The molecule has 0 spiro atoms. The topological polar surface area (TPSA) is 110 Å². The molecule has 10 nitrogen and oxygen atoms in total. The number of amides is 2. The predicted molar refractivity (Wildman–Crippen MR) is 199 cm³/mol. The first kappa shape index (κ1) is 37.0. The van der Waals surface area contributed by atoms with E-state index in [1.807, 2.05) is 72.6 Å². The zero-order valence-corrected chi connectivity index (χ0v) is 30.3. The molecule has 274 valence electrons. The third-order valence-corrected chi connectivity index (χ3v) is 8.82. The Hall–Kier alpha value is -5.81. The molecule has 53 heavy (non-hydrogen) atoms. The number of likely N-dealkylation sites (tertiary alicyclic amines) is 1. The number of hydrogen-bond donors (Lipinski definition) is 1. The predicted octanol–water partition coefficient (Wildman–Crippen LogP) is 8.08. The van der Waals surface area contributed by atoms with E-state index in [0.717, 1.165) is 16.7 Å². The summed E-state index contributed by atoms with van der Waals surface area (Å²) in [7, 11) is 1.86. The second-order valence-corrected chi connectivity index (χ2v) is 14.1.